The van der Waals surface area contributed by atoms with E-state index in [1.165, 1.54) is 6.20 Å². The zero-order valence-corrected chi connectivity index (χ0v) is 12.2. The summed E-state index contributed by atoms with van der Waals surface area (Å²) in [6.07, 6.45) is -0.994. The molecule has 2 rings (SSSR count). The molecule has 0 bridgehead atoms. The van der Waals surface area contributed by atoms with Crippen LogP contribution in [0.15, 0.2) is 42.6 Å². The molecule has 2 N–H and O–H groups in total. The van der Waals surface area contributed by atoms with Crippen molar-refractivity contribution in [3.63, 3.8) is 0 Å². The molecule has 0 saturated heterocycles. The van der Waals surface area contributed by atoms with Crippen LogP contribution in [0.5, 0.6) is 11.6 Å². The van der Waals surface area contributed by atoms with E-state index in [0.29, 0.717) is 6.54 Å². The van der Waals surface area contributed by atoms with Crippen molar-refractivity contribution in [2.24, 2.45) is 0 Å². The van der Waals surface area contributed by atoms with Crippen LogP contribution >= 0.6 is 0 Å². The van der Waals surface area contributed by atoms with Gasteiger partial charge in [-0.25, -0.2) is 13.8 Å². The number of aromatic hydroxyl groups is 1. The topological polar surface area (TPSA) is 54.4 Å². The number of phenolic OH excluding ortho intramolecular Hbond substituents is 1. The van der Waals surface area contributed by atoms with Crippen LogP contribution in [0.1, 0.15) is 24.1 Å². The van der Waals surface area contributed by atoms with Gasteiger partial charge in [0, 0.05) is 24.8 Å². The summed E-state index contributed by atoms with van der Waals surface area (Å²) in [6, 6.07) is 10.5. The monoisotopic (exact) mass is 308 g/mol. The van der Waals surface area contributed by atoms with E-state index in [2.05, 4.69) is 10.3 Å². The van der Waals surface area contributed by atoms with Crippen molar-refractivity contribution >= 4 is 0 Å². The average Bonchev–Trinajstić information content (AvgIpc) is 2.51. The summed E-state index contributed by atoms with van der Waals surface area (Å²) in [6.45, 7) is 1.85. The molecule has 0 radical (unpaired) electrons. The van der Waals surface area contributed by atoms with Gasteiger partial charge < -0.3 is 15.2 Å². The van der Waals surface area contributed by atoms with E-state index in [1.807, 2.05) is 13.0 Å². The highest BCUT2D eigenvalue weighted by Crippen LogP contribution is 2.18. The van der Waals surface area contributed by atoms with Gasteiger partial charge in [0.05, 0.1) is 0 Å². The summed E-state index contributed by atoms with van der Waals surface area (Å²) in [7, 11) is 0. The number of phenols is 1. The quantitative estimate of drug-likeness (QED) is 0.824. The molecule has 6 heteroatoms. The van der Waals surface area contributed by atoms with Crippen molar-refractivity contribution in [1.82, 2.24) is 10.3 Å². The molecule has 0 aliphatic heterocycles. The summed E-state index contributed by atoms with van der Waals surface area (Å²) >= 11 is 0. The molecule has 4 nitrogen and oxygen atoms in total. The summed E-state index contributed by atoms with van der Waals surface area (Å²) in [5.41, 5.74) is 1.84. The summed E-state index contributed by atoms with van der Waals surface area (Å²) in [4.78, 5) is 3.89. The first kappa shape index (κ1) is 16.2. The van der Waals surface area contributed by atoms with Crippen molar-refractivity contribution in [1.29, 1.82) is 0 Å². The van der Waals surface area contributed by atoms with E-state index in [-0.39, 0.29) is 17.7 Å². The standard InChI is InChI=1S/C16H18F2N2O2/c1-11(13-3-2-4-14(21)8-13)20-9-12-5-6-19-16(7-12)22-10-15(17)18/h2-8,11,15,20-21H,9-10H2,1H3. The Labute approximate surface area is 127 Å². The van der Waals surface area contributed by atoms with Gasteiger partial charge in [-0.05, 0) is 36.2 Å². The fourth-order valence-corrected chi connectivity index (χ4v) is 1.97. The minimum absolute atomic E-state index is 0.0331. The lowest BCUT2D eigenvalue weighted by Gasteiger charge is -2.15. The van der Waals surface area contributed by atoms with Crippen molar-refractivity contribution < 1.29 is 18.6 Å². The molecule has 0 aliphatic carbocycles. The number of rotatable bonds is 7. The Balaban J connectivity index is 1.92. The van der Waals surface area contributed by atoms with Gasteiger partial charge in [0.25, 0.3) is 6.43 Å². The highest BCUT2D eigenvalue weighted by molar-refractivity contribution is 5.29. The molecule has 2 aromatic rings. The molecule has 0 spiro atoms. The molecule has 0 fully saturated rings. The first-order valence-electron chi connectivity index (χ1n) is 6.93. The largest absolute Gasteiger partial charge is 0.508 e. The molecule has 0 aliphatic rings. The summed E-state index contributed by atoms with van der Waals surface area (Å²) < 4.78 is 29.1. The first-order chi connectivity index (χ1) is 10.5. The van der Waals surface area contributed by atoms with E-state index in [9.17, 15) is 13.9 Å². The molecule has 1 aromatic carbocycles. The minimum atomic E-state index is -2.52. The fourth-order valence-electron chi connectivity index (χ4n) is 1.97. The van der Waals surface area contributed by atoms with Crippen molar-refractivity contribution in [3.8, 4) is 11.6 Å². The molecule has 0 amide bonds. The van der Waals surface area contributed by atoms with Gasteiger partial charge in [-0.1, -0.05) is 12.1 Å². The number of hydrogen-bond acceptors (Lipinski definition) is 4. The number of nitrogens with zero attached hydrogens (tertiary/aromatic N) is 1. The number of nitrogens with one attached hydrogen (secondary N) is 1. The van der Waals surface area contributed by atoms with Gasteiger partial charge in [-0.3, -0.25) is 0 Å². The van der Waals surface area contributed by atoms with Crippen LogP contribution in [0.3, 0.4) is 0 Å². The molecule has 0 saturated carbocycles. The van der Waals surface area contributed by atoms with Gasteiger partial charge in [0.15, 0.2) is 6.61 Å². The number of pyridine rings is 1. The van der Waals surface area contributed by atoms with Gasteiger partial charge in [-0.15, -0.1) is 0 Å². The molecule has 22 heavy (non-hydrogen) atoms. The smallest absolute Gasteiger partial charge is 0.272 e. The van der Waals surface area contributed by atoms with Crippen molar-refractivity contribution in [2.75, 3.05) is 6.61 Å². The average molecular weight is 308 g/mol. The zero-order valence-electron chi connectivity index (χ0n) is 12.2. The lowest BCUT2D eigenvalue weighted by Crippen LogP contribution is -2.18. The van der Waals surface area contributed by atoms with Crippen LogP contribution in [-0.2, 0) is 6.54 Å². The highest BCUT2D eigenvalue weighted by atomic mass is 19.3. The van der Waals surface area contributed by atoms with E-state index in [4.69, 9.17) is 4.74 Å². The normalized spacial score (nSPS) is 12.4. The Morgan fingerprint density at radius 1 is 1.27 bits per heavy atom. The van der Waals surface area contributed by atoms with Crippen LogP contribution < -0.4 is 10.1 Å². The second kappa shape index (κ2) is 7.70. The maximum atomic E-state index is 12.1. The van der Waals surface area contributed by atoms with Crippen molar-refractivity contribution in [3.05, 3.63) is 53.7 Å². The number of halogens is 2. The predicted octanol–water partition coefficient (Wildman–Crippen LogP) is 3.28. The predicted molar refractivity (Wildman–Crippen MR) is 79.1 cm³/mol. The van der Waals surface area contributed by atoms with Crippen molar-refractivity contribution in [2.45, 2.75) is 25.9 Å². The SMILES string of the molecule is CC(NCc1ccnc(OCC(F)F)c1)c1cccc(O)c1. The third-order valence-corrected chi connectivity index (χ3v) is 3.14. The Hall–Kier alpha value is -2.21. The van der Waals surface area contributed by atoms with Crippen LogP contribution in [-0.4, -0.2) is 23.1 Å². The van der Waals surface area contributed by atoms with Gasteiger partial charge in [-0.2, -0.15) is 0 Å². The highest BCUT2D eigenvalue weighted by Gasteiger charge is 2.07. The molecule has 1 atom stereocenters. The van der Waals surface area contributed by atoms with Crippen LogP contribution in [0.4, 0.5) is 8.78 Å². The van der Waals surface area contributed by atoms with Crippen LogP contribution in [0.25, 0.3) is 0 Å². The number of alkyl halides is 2. The third kappa shape index (κ3) is 4.96. The lowest BCUT2D eigenvalue weighted by molar-refractivity contribution is 0.0795. The molecular weight excluding hydrogens is 290 g/mol. The van der Waals surface area contributed by atoms with E-state index in [0.717, 1.165) is 11.1 Å². The number of hydrogen-bond donors (Lipinski definition) is 2. The van der Waals surface area contributed by atoms with Gasteiger partial charge in [0.2, 0.25) is 5.88 Å². The number of aromatic nitrogens is 1. The van der Waals surface area contributed by atoms with Crippen LogP contribution in [0.2, 0.25) is 0 Å². The number of ether oxygens (including phenoxy) is 1. The first-order valence-corrected chi connectivity index (χ1v) is 6.93. The molecular formula is C16H18F2N2O2. The second-order valence-electron chi connectivity index (χ2n) is 4.90. The molecule has 1 unspecified atom stereocenters. The second-order valence-corrected chi connectivity index (χ2v) is 4.90. The molecule has 1 heterocycles. The lowest BCUT2D eigenvalue weighted by atomic mass is 10.1. The maximum absolute atomic E-state index is 12.1. The van der Waals surface area contributed by atoms with Crippen LogP contribution in [0, 0.1) is 0 Å². The number of benzene rings is 1. The Morgan fingerprint density at radius 3 is 2.82 bits per heavy atom. The van der Waals surface area contributed by atoms with E-state index < -0.39 is 13.0 Å². The summed E-state index contributed by atoms with van der Waals surface area (Å²) in [5, 5.41) is 12.8. The fraction of sp³-hybridized carbons (Fsp3) is 0.312. The summed E-state index contributed by atoms with van der Waals surface area (Å²) in [5.74, 6) is 0.405. The van der Waals surface area contributed by atoms with E-state index in [1.54, 1.807) is 30.3 Å². The van der Waals surface area contributed by atoms with E-state index >= 15 is 0 Å². The Kier molecular flexibility index (Phi) is 5.66. The maximum Gasteiger partial charge on any atom is 0.272 e. The third-order valence-electron chi connectivity index (χ3n) is 3.14. The minimum Gasteiger partial charge on any atom is -0.508 e. The Morgan fingerprint density at radius 2 is 2.09 bits per heavy atom. The zero-order chi connectivity index (χ0) is 15.9. The molecule has 1 aromatic heterocycles. The Bertz CT molecular complexity index is 608. The van der Waals surface area contributed by atoms with Gasteiger partial charge >= 0.3 is 0 Å². The van der Waals surface area contributed by atoms with Gasteiger partial charge in [0.1, 0.15) is 5.75 Å². The molecule has 118 valence electrons.